The molecule has 0 aliphatic carbocycles. The Labute approximate surface area is 94.5 Å². The Morgan fingerprint density at radius 3 is 2.88 bits per heavy atom. The van der Waals surface area contributed by atoms with Crippen LogP contribution in [0.25, 0.3) is 0 Å². The van der Waals surface area contributed by atoms with Gasteiger partial charge < -0.3 is 9.84 Å². The van der Waals surface area contributed by atoms with Gasteiger partial charge in [0.05, 0.1) is 31.3 Å². The van der Waals surface area contributed by atoms with Crippen LogP contribution in [0.15, 0.2) is 0 Å². The predicted octanol–water partition coefficient (Wildman–Crippen LogP) is -0.130. The first-order chi connectivity index (χ1) is 7.38. The number of amides is 1. The first-order valence-electron chi connectivity index (χ1n) is 5.43. The van der Waals surface area contributed by atoms with Crippen LogP contribution >= 0.6 is 0 Å². The minimum absolute atomic E-state index is 0.134. The van der Waals surface area contributed by atoms with Crippen molar-refractivity contribution >= 4 is 6.09 Å². The van der Waals surface area contributed by atoms with E-state index in [0.717, 1.165) is 0 Å². The molecule has 6 heteroatoms. The lowest BCUT2D eigenvalue weighted by Crippen LogP contribution is -2.43. The fraction of sp³-hybridized carbons (Fsp3) is 0.900. The summed E-state index contributed by atoms with van der Waals surface area (Å²) in [6.45, 7) is 6.14. The van der Waals surface area contributed by atoms with Gasteiger partial charge in [0.15, 0.2) is 0 Å². The van der Waals surface area contributed by atoms with Crippen LogP contribution in [0.4, 0.5) is 4.79 Å². The number of ether oxygens (including phenoxy) is 1. The summed E-state index contributed by atoms with van der Waals surface area (Å²) in [5, 5.41) is 9.73. The van der Waals surface area contributed by atoms with E-state index in [1.165, 1.54) is 4.90 Å². The van der Waals surface area contributed by atoms with Crippen molar-refractivity contribution < 1.29 is 19.5 Å². The van der Waals surface area contributed by atoms with Gasteiger partial charge in [-0.1, -0.05) is 0 Å². The van der Waals surface area contributed by atoms with Crippen molar-refractivity contribution in [2.75, 3.05) is 13.2 Å². The van der Waals surface area contributed by atoms with Gasteiger partial charge in [-0.3, -0.25) is 9.74 Å². The zero-order valence-electron chi connectivity index (χ0n) is 9.77. The maximum atomic E-state index is 11.9. The molecule has 2 aliphatic heterocycles. The quantitative estimate of drug-likeness (QED) is 0.606. The number of carbonyl (C=O) groups excluding carboxylic acids is 1. The van der Waals surface area contributed by atoms with Crippen LogP contribution < -0.4 is 5.48 Å². The highest BCUT2D eigenvalue weighted by Gasteiger charge is 2.48. The minimum atomic E-state index is -0.597. The third-order valence-electron chi connectivity index (χ3n) is 2.71. The normalized spacial score (nSPS) is 34.0. The molecule has 0 bridgehead atoms. The average molecular weight is 230 g/mol. The average Bonchev–Trinajstić information content (AvgIpc) is 2.66. The largest absolute Gasteiger partial charge is 0.444 e. The van der Waals surface area contributed by atoms with E-state index in [4.69, 9.17) is 9.57 Å². The zero-order chi connectivity index (χ0) is 11.9. The highest BCUT2D eigenvalue weighted by molar-refractivity contribution is 5.69. The molecule has 0 aromatic rings. The van der Waals surface area contributed by atoms with Crippen LogP contribution in [0.2, 0.25) is 0 Å². The summed E-state index contributed by atoms with van der Waals surface area (Å²) < 4.78 is 5.27. The van der Waals surface area contributed by atoms with Gasteiger partial charge in [0, 0.05) is 0 Å². The zero-order valence-corrected chi connectivity index (χ0v) is 9.77. The number of hydrogen-bond donors (Lipinski definition) is 2. The number of carbonyl (C=O) groups is 1. The molecular formula is C10H18N2O4. The first kappa shape index (κ1) is 11.6. The molecule has 0 spiro atoms. The van der Waals surface area contributed by atoms with Gasteiger partial charge in [0.25, 0.3) is 0 Å². The molecule has 1 unspecified atom stereocenters. The maximum absolute atomic E-state index is 11.9. The Morgan fingerprint density at radius 2 is 2.25 bits per heavy atom. The van der Waals surface area contributed by atoms with E-state index in [1.807, 2.05) is 20.8 Å². The highest BCUT2D eigenvalue weighted by Crippen LogP contribution is 2.25. The minimum Gasteiger partial charge on any atom is -0.444 e. The molecular weight excluding hydrogens is 212 g/mol. The topological polar surface area (TPSA) is 71.0 Å². The second-order valence-electron chi connectivity index (χ2n) is 5.22. The number of likely N-dealkylation sites (tertiary alicyclic amines) is 1. The lowest BCUT2D eigenvalue weighted by Gasteiger charge is -2.26. The van der Waals surface area contributed by atoms with E-state index in [9.17, 15) is 9.90 Å². The number of fused-ring (bicyclic) bond motifs is 1. The number of hydroxylamine groups is 1. The molecule has 2 N–H and O–H groups in total. The van der Waals surface area contributed by atoms with E-state index < -0.39 is 17.8 Å². The smallest absolute Gasteiger partial charge is 0.410 e. The molecule has 0 aromatic carbocycles. The summed E-state index contributed by atoms with van der Waals surface area (Å²) >= 11 is 0. The summed E-state index contributed by atoms with van der Waals surface area (Å²) in [4.78, 5) is 18.4. The fourth-order valence-electron chi connectivity index (χ4n) is 2.01. The highest BCUT2D eigenvalue weighted by atomic mass is 16.7. The molecule has 6 nitrogen and oxygen atoms in total. The van der Waals surface area contributed by atoms with Gasteiger partial charge in [-0.05, 0) is 20.8 Å². The van der Waals surface area contributed by atoms with Crippen molar-refractivity contribution in [1.82, 2.24) is 10.4 Å². The SMILES string of the molecule is CC(C)(C)OC(=O)N1CC(O)[C@H]2NOC[C@H]21. The molecule has 0 aromatic heterocycles. The number of β-amino-alcohol motifs (C(OH)–C–C–N with tert-alkyl or cyclic N) is 1. The fourth-order valence-corrected chi connectivity index (χ4v) is 2.01. The van der Waals surface area contributed by atoms with Crippen LogP contribution in [0.3, 0.4) is 0 Å². The Bertz CT molecular complexity index is 289. The van der Waals surface area contributed by atoms with E-state index in [-0.39, 0.29) is 12.1 Å². The maximum Gasteiger partial charge on any atom is 0.410 e. The van der Waals surface area contributed by atoms with Crippen molar-refractivity contribution in [2.24, 2.45) is 0 Å². The second-order valence-corrected chi connectivity index (χ2v) is 5.22. The standard InChI is InChI=1S/C10H18N2O4/c1-10(2,3)16-9(14)12-4-7(13)8-6(12)5-15-11-8/h6-8,11,13H,4-5H2,1-3H3/t6-,7?,8+/m1/s1. The van der Waals surface area contributed by atoms with E-state index in [0.29, 0.717) is 13.2 Å². The van der Waals surface area contributed by atoms with E-state index in [2.05, 4.69) is 5.48 Å². The van der Waals surface area contributed by atoms with Crippen molar-refractivity contribution in [3.05, 3.63) is 0 Å². The summed E-state index contributed by atoms with van der Waals surface area (Å²) in [6.07, 6.45) is -0.994. The Balaban J connectivity index is 2.02. The lowest BCUT2D eigenvalue weighted by atomic mass is 10.1. The van der Waals surface area contributed by atoms with Crippen molar-refractivity contribution in [1.29, 1.82) is 0 Å². The molecule has 2 rings (SSSR count). The van der Waals surface area contributed by atoms with Gasteiger partial charge in [-0.25, -0.2) is 4.79 Å². The molecule has 2 aliphatic rings. The second kappa shape index (κ2) is 3.87. The molecule has 92 valence electrons. The molecule has 3 atom stereocenters. The summed E-state index contributed by atoms with van der Waals surface area (Å²) in [5.41, 5.74) is 2.20. The lowest BCUT2D eigenvalue weighted by molar-refractivity contribution is 0.00852. The Morgan fingerprint density at radius 1 is 1.56 bits per heavy atom. The van der Waals surface area contributed by atoms with Crippen LogP contribution in [0.1, 0.15) is 20.8 Å². The first-order valence-corrected chi connectivity index (χ1v) is 5.43. The number of nitrogens with zero attached hydrogens (tertiary/aromatic N) is 1. The van der Waals surface area contributed by atoms with Crippen molar-refractivity contribution in [3.63, 3.8) is 0 Å². The molecule has 2 saturated heterocycles. The molecule has 16 heavy (non-hydrogen) atoms. The van der Waals surface area contributed by atoms with Crippen LogP contribution in [-0.2, 0) is 9.57 Å². The monoisotopic (exact) mass is 230 g/mol. The van der Waals surface area contributed by atoms with Gasteiger partial charge in [0.1, 0.15) is 5.60 Å². The molecule has 0 saturated carbocycles. The third-order valence-corrected chi connectivity index (χ3v) is 2.71. The third kappa shape index (κ3) is 2.14. The molecule has 1 amide bonds. The number of nitrogens with one attached hydrogen (secondary N) is 1. The van der Waals surface area contributed by atoms with Gasteiger partial charge in [0.2, 0.25) is 0 Å². The van der Waals surface area contributed by atoms with E-state index in [1.54, 1.807) is 0 Å². The summed E-state index contributed by atoms with van der Waals surface area (Å²) in [7, 11) is 0. The van der Waals surface area contributed by atoms with Gasteiger partial charge >= 0.3 is 6.09 Å². The van der Waals surface area contributed by atoms with Crippen LogP contribution in [0, 0.1) is 0 Å². The molecule has 2 heterocycles. The van der Waals surface area contributed by atoms with Gasteiger partial charge in [-0.15, -0.1) is 0 Å². The Hall–Kier alpha value is -0.850. The molecule has 0 radical (unpaired) electrons. The predicted molar refractivity (Wildman–Crippen MR) is 55.6 cm³/mol. The number of rotatable bonds is 0. The van der Waals surface area contributed by atoms with Gasteiger partial charge in [-0.2, -0.15) is 5.48 Å². The number of aliphatic hydroxyl groups is 1. The number of aliphatic hydroxyl groups excluding tert-OH is 1. The van der Waals surface area contributed by atoms with Crippen LogP contribution in [0.5, 0.6) is 0 Å². The Kier molecular flexibility index (Phi) is 2.81. The van der Waals surface area contributed by atoms with Crippen LogP contribution in [-0.4, -0.2) is 53.0 Å². The molecule has 2 fully saturated rings. The van der Waals surface area contributed by atoms with E-state index >= 15 is 0 Å². The van der Waals surface area contributed by atoms with Crippen molar-refractivity contribution in [3.8, 4) is 0 Å². The van der Waals surface area contributed by atoms with Crippen molar-refractivity contribution in [2.45, 2.75) is 44.6 Å². The summed E-state index contributed by atoms with van der Waals surface area (Å²) in [6, 6.07) is -0.336. The number of hydrogen-bond acceptors (Lipinski definition) is 5. The summed E-state index contributed by atoms with van der Waals surface area (Å²) in [5.74, 6) is 0.